The smallest absolute Gasteiger partial charge is 0.385 e. The minimum absolute atomic E-state index is 0.332. The van der Waals surface area contributed by atoms with Gasteiger partial charge in [-0.05, 0) is 39.2 Å². The van der Waals surface area contributed by atoms with Gasteiger partial charge in [-0.25, -0.2) is 4.79 Å². The first-order valence-corrected chi connectivity index (χ1v) is 12.1. The molecule has 3 nitrogen and oxygen atoms in total. The number of carbonyl (C=O) groups excluding carboxylic acids is 1. The van der Waals surface area contributed by atoms with Crippen LogP contribution in [-0.4, -0.2) is 22.8 Å². The second-order valence-electron chi connectivity index (χ2n) is 5.53. The third-order valence-corrected chi connectivity index (χ3v) is 8.75. The summed E-state index contributed by atoms with van der Waals surface area (Å²) >= 11 is 0. The molecule has 0 bridgehead atoms. The maximum absolute atomic E-state index is 11.5. The van der Waals surface area contributed by atoms with Crippen LogP contribution >= 0.6 is 0 Å². The van der Waals surface area contributed by atoms with Gasteiger partial charge in [0.25, 0.3) is 0 Å². The molecule has 0 fully saturated rings. The molecular weight excluding hydrogens is 248 g/mol. The van der Waals surface area contributed by atoms with Gasteiger partial charge in [0.2, 0.25) is 0 Å². The minimum atomic E-state index is -2.36. The van der Waals surface area contributed by atoms with Crippen LogP contribution in [0, 0.1) is 0 Å². The van der Waals surface area contributed by atoms with Crippen LogP contribution in [0.15, 0.2) is 12.2 Å². The Labute approximate surface area is 108 Å². The largest absolute Gasteiger partial charge is 0.492 e. The molecule has 0 saturated carbocycles. The summed E-state index contributed by atoms with van der Waals surface area (Å²) in [6, 6.07) is 1.12. The highest BCUT2D eigenvalue weighted by Gasteiger charge is 2.37. The van der Waals surface area contributed by atoms with E-state index < -0.39 is 16.9 Å². The first-order chi connectivity index (χ1) is 7.59. The molecular formula is C12H26O3Si2. The van der Waals surface area contributed by atoms with E-state index in [4.69, 9.17) is 8.54 Å². The van der Waals surface area contributed by atoms with E-state index in [1.54, 1.807) is 6.92 Å². The lowest BCUT2D eigenvalue weighted by Gasteiger charge is -2.32. The summed E-state index contributed by atoms with van der Waals surface area (Å²) in [5, 5.41) is 0. The topological polar surface area (TPSA) is 35.5 Å². The molecule has 0 aromatic rings. The molecule has 0 amide bonds. The average molecular weight is 275 g/mol. The number of rotatable bonds is 7. The maximum Gasteiger partial charge on any atom is 0.385 e. The van der Waals surface area contributed by atoms with Crippen molar-refractivity contribution in [3.05, 3.63) is 12.2 Å². The Morgan fingerprint density at radius 2 is 1.76 bits per heavy atom. The highest BCUT2D eigenvalue weighted by atomic mass is 28.4. The van der Waals surface area contributed by atoms with Gasteiger partial charge in [0, 0.05) is 5.57 Å². The summed E-state index contributed by atoms with van der Waals surface area (Å²) < 4.78 is 11.6. The lowest BCUT2D eigenvalue weighted by atomic mass is 10.4. The van der Waals surface area contributed by atoms with Crippen molar-refractivity contribution in [2.75, 3.05) is 0 Å². The predicted molar refractivity (Wildman–Crippen MR) is 76.7 cm³/mol. The first-order valence-electron chi connectivity index (χ1n) is 6.18. The summed E-state index contributed by atoms with van der Waals surface area (Å²) in [6.07, 6.45) is 2.35. The van der Waals surface area contributed by atoms with Crippen LogP contribution in [0.3, 0.4) is 0 Å². The molecule has 0 aliphatic heterocycles. The Balaban J connectivity index is 4.42. The molecule has 17 heavy (non-hydrogen) atoms. The van der Waals surface area contributed by atoms with E-state index in [1.807, 2.05) is 13.1 Å². The highest BCUT2D eigenvalue weighted by molar-refractivity contribution is 6.82. The van der Waals surface area contributed by atoms with E-state index >= 15 is 0 Å². The van der Waals surface area contributed by atoms with Gasteiger partial charge in [0.05, 0.1) is 0 Å². The predicted octanol–water partition coefficient (Wildman–Crippen LogP) is 3.83. The van der Waals surface area contributed by atoms with Crippen molar-refractivity contribution in [2.24, 2.45) is 0 Å². The molecule has 0 heterocycles. The molecule has 5 heteroatoms. The SMILES string of the molecule is C=C(C)C(=O)O[Si](C)(C)O[Si](C)(C)CCCC. The van der Waals surface area contributed by atoms with E-state index in [2.05, 4.69) is 26.6 Å². The Morgan fingerprint density at radius 3 is 2.18 bits per heavy atom. The van der Waals surface area contributed by atoms with E-state index in [9.17, 15) is 4.79 Å². The molecule has 0 spiro atoms. The van der Waals surface area contributed by atoms with Crippen LogP contribution in [0.2, 0.25) is 32.2 Å². The minimum Gasteiger partial charge on any atom is -0.492 e. The number of unbranched alkanes of at least 4 members (excludes halogenated alkanes) is 1. The molecule has 0 radical (unpaired) electrons. The molecule has 0 N–H and O–H groups in total. The molecule has 0 saturated heterocycles. The summed E-state index contributed by atoms with van der Waals surface area (Å²) in [4.78, 5) is 11.5. The number of hydrogen-bond acceptors (Lipinski definition) is 3. The Kier molecular flexibility index (Phi) is 6.36. The Morgan fingerprint density at radius 1 is 1.24 bits per heavy atom. The number of carbonyl (C=O) groups is 1. The van der Waals surface area contributed by atoms with E-state index in [0.717, 1.165) is 6.04 Å². The van der Waals surface area contributed by atoms with Gasteiger partial charge in [-0.2, -0.15) is 0 Å². The highest BCUT2D eigenvalue weighted by Crippen LogP contribution is 2.22. The standard InChI is InChI=1S/C12H26O3Si2/c1-8-9-10-16(4,5)15-17(6,7)14-12(13)11(2)3/h2,8-10H2,1,3-7H3. The zero-order valence-corrected chi connectivity index (χ0v) is 14.1. The zero-order chi connectivity index (χ0) is 13.7. The van der Waals surface area contributed by atoms with Crippen LogP contribution in [0.5, 0.6) is 0 Å². The molecule has 0 aromatic heterocycles. The van der Waals surface area contributed by atoms with Gasteiger partial charge < -0.3 is 8.54 Å². The van der Waals surface area contributed by atoms with Crippen LogP contribution in [-0.2, 0) is 13.3 Å². The third kappa shape index (κ3) is 7.51. The van der Waals surface area contributed by atoms with Crippen molar-refractivity contribution in [1.29, 1.82) is 0 Å². The second-order valence-corrected chi connectivity index (χ2v) is 13.4. The molecule has 0 rings (SSSR count). The Hall–Kier alpha value is -0.396. The Bertz CT molecular complexity index is 285. The lowest BCUT2D eigenvalue weighted by molar-refractivity contribution is -0.131. The fourth-order valence-electron chi connectivity index (χ4n) is 1.65. The summed E-state index contributed by atoms with van der Waals surface area (Å²) in [5.74, 6) is -0.332. The monoisotopic (exact) mass is 274 g/mol. The van der Waals surface area contributed by atoms with Gasteiger partial charge in [-0.3, -0.25) is 0 Å². The maximum atomic E-state index is 11.5. The molecule has 0 aliphatic carbocycles. The van der Waals surface area contributed by atoms with Crippen LogP contribution in [0.4, 0.5) is 0 Å². The quantitative estimate of drug-likeness (QED) is 0.523. The van der Waals surface area contributed by atoms with Crippen molar-refractivity contribution < 1.29 is 13.3 Å². The van der Waals surface area contributed by atoms with Crippen molar-refractivity contribution in [1.82, 2.24) is 0 Å². The first kappa shape index (κ1) is 16.6. The van der Waals surface area contributed by atoms with Crippen LogP contribution < -0.4 is 0 Å². The van der Waals surface area contributed by atoms with Crippen molar-refractivity contribution in [2.45, 2.75) is 58.9 Å². The van der Waals surface area contributed by atoms with Crippen LogP contribution in [0.25, 0.3) is 0 Å². The zero-order valence-electron chi connectivity index (χ0n) is 12.1. The normalized spacial score (nSPS) is 12.4. The van der Waals surface area contributed by atoms with Crippen molar-refractivity contribution in [3.8, 4) is 0 Å². The van der Waals surface area contributed by atoms with E-state index in [-0.39, 0.29) is 5.97 Å². The van der Waals surface area contributed by atoms with Gasteiger partial charge in [-0.15, -0.1) is 0 Å². The third-order valence-electron chi connectivity index (χ3n) is 2.34. The fraction of sp³-hybridized carbons (Fsp3) is 0.750. The summed E-state index contributed by atoms with van der Waals surface area (Å²) in [7, 11) is -4.07. The molecule has 0 aliphatic rings. The molecule has 0 unspecified atom stereocenters. The second kappa shape index (κ2) is 6.51. The summed E-state index contributed by atoms with van der Waals surface area (Å²) in [5.41, 5.74) is 0.433. The molecule has 0 atom stereocenters. The van der Waals surface area contributed by atoms with E-state index in [0.29, 0.717) is 5.57 Å². The lowest BCUT2D eigenvalue weighted by Crippen LogP contribution is -2.47. The van der Waals surface area contributed by atoms with Crippen LogP contribution in [0.1, 0.15) is 26.7 Å². The van der Waals surface area contributed by atoms with Crippen molar-refractivity contribution >= 4 is 22.8 Å². The van der Waals surface area contributed by atoms with Gasteiger partial charge in [-0.1, -0.05) is 26.3 Å². The molecule has 0 aromatic carbocycles. The summed E-state index contributed by atoms with van der Waals surface area (Å²) in [6.45, 7) is 15.6. The average Bonchev–Trinajstić information content (AvgIpc) is 2.12. The van der Waals surface area contributed by atoms with Gasteiger partial charge >= 0.3 is 14.5 Å². The fourth-order valence-corrected chi connectivity index (χ4v) is 9.37. The van der Waals surface area contributed by atoms with Gasteiger partial charge in [0.15, 0.2) is 8.32 Å². The number of hydrogen-bond donors (Lipinski definition) is 0. The van der Waals surface area contributed by atoms with Gasteiger partial charge in [0.1, 0.15) is 0 Å². The van der Waals surface area contributed by atoms with Crippen molar-refractivity contribution in [3.63, 3.8) is 0 Å². The molecule has 100 valence electrons. The van der Waals surface area contributed by atoms with E-state index in [1.165, 1.54) is 12.8 Å².